The second-order valence-electron chi connectivity index (χ2n) is 6.34. The quantitative estimate of drug-likeness (QED) is 0.829. The lowest BCUT2D eigenvalue weighted by Gasteiger charge is -2.33. The summed E-state index contributed by atoms with van der Waals surface area (Å²) in [5, 5.41) is 0. The number of piperidine rings is 1. The number of halogens is 1. The zero-order valence-electron chi connectivity index (χ0n) is 11.1. The van der Waals surface area contributed by atoms with Crippen molar-refractivity contribution >= 4 is 15.9 Å². The molecule has 1 aromatic rings. The average Bonchev–Trinajstić information content (AvgIpc) is 3.03. The maximum Gasteiger partial charge on any atom is 0.0480 e. The Labute approximate surface area is 123 Å². The van der Waals surface area contributed by atoms with Crippen molar-refractivity contribution in [1.29, 1.82) is 0 Å². The molecule has 0 N–H and O–H groups in total. The molecule has 2 atom stereocenters. The molecule has 2 aliphatic heterocycles. The maximum atomic E-state index is 5.49. The van der Waals surface area contributed by atoms with Crippen molar-refractivity contribution in [3.05, 3.63) is 34.3 Å². The molecule has 1 saturated carbocycles. The van der Waals surface area contributed by atoms with Crippen molar-refractivity contribution in [3.8, 4) is 0 Å². The Bertz CT molecular complexity index is 468. The first kappa shape index (κ1) is 12.4. The van der Waals surface area contributed by atoms with Crippen molar-refractivity contribution in [2.75, 3.05) is 26.3 Å². The molecule has 0 aromatic heterocycles. The van der Waals surface area contributed by atoms with E-state index in [2.05, 4.69) is 45.1 Å². The summed E-state index contributed by atoms with van der Waals surface area (Å²) in [5.41, 5.74) is 2.04. The van der Waals surface area contributed by atoms with Crippen LogP contribution in [0.15, 0.2) is 28.7 Å². The van der Waals surface area contributed by atoms with Crippen molar-refractivity contribution in [1.82, 2.24) is 4.90 Å². The molecule has 102 valence electrons. The molecule has 0 radical (unpaired) electrons. The highest BCUT2D eigenvalue weighted by Crippen LogP contribution is 2.59. The Morgan fingerprint density at radius 1 is 1.16 bits per heavy atom. The first-order chi connectivity index (χ1) is 9.28. The second kappa shape index (κ2) is 4.57. The van der Waals surface area contributed by atoms with E-state index in [4.69, 9.17) is 4.74 Å². The lowest BCUT2D eigenvalue weighted by atomic mass is 9.95. The van der Waals surface area contributed by atoms with Gasteiger partial charge in [-0.25, -0.2) is 0 Å². The number of rotatable bonds is 2. The molecule has 2 unspecified atom stereocenters. The summed E-state index contributed by atoms with van der Waals surface area (Å²) in [7, 11) is 0. The standard InChI is InChI=1S/C16H20BrNO/c17-14-3-1-12(2-4-14)16-9-13(16)10-18(11-16)15-5-7-19-8-6-15/h1-4,13,15H,5-11H2. The smallest absolute Gasteiger partial charge is 0.0480 e. The third kappa shape index (κ3) is 2.07. The molecule has 3 fully saturated rings. The van der Waals surface area contributed by atoms with Crippen LogP contribution in [-0.2, 0) is 10.2 Å². The number of hydrogen-bond acceptors (Lipinski definition) is 2. The minimum absolute atomic E-state index is 0.485. The Morgan fingerprint density at radius 2 is 1.89 bits per heavy atom. The minimum atomic E-state index is 0.485. The summed E-state index contributed by atoms with van der Waals surface area (Å²) >= 11 is 3.54. The van der Waals surface area contributed by atoms with Gasteiger partial charge in [-0.2, -0.15) is 0 Å². The fourth-order valence-corrected chi connectivity index (χ4v) is 4.34. The third-order valence-corrected chi connectivity index (χ3v) is 5.83. The summed E-state index contributed by atoms with van der Waals surface area (Å²) < 4.78 is 6.67. The van der Waals surface area contributed by atoms with Crippen molar-refractivity contribution in [2.45, 2.75) is 30.7 Å². The van der Waals surface area contributed by atoms with Crippen LogP contribution >= 0.6 is 15.9 Å². The minimum Gasteiger partial charge on any atom is -0.381 e. The van der Waals surface area contributed by atoms with Crippen LogP contribution in [0.1, 0.15) is 24.8 Å². The highest BCUT2D eigenvalue weighted by atomic mass is 79.9. The van der Waals surface area contributed by atoms with Crippen molar-refractivity contribution in [3.63, 3.8) is 0 Å². The largest absolute Gasteiger partial charge is 0.381 e. The molecule has 19 heavy (non-hydrogen) atoms. The fraction of sp³-hybridized carbons (Fsp3) is 0.625. The number of fused-ring (bicyclic) bond motifs is 1. The summed E-state index contributed by atoms with van der Waals surface area (Å²) in [6.07, 6.45) is 3.85. The predicted octanol–water partition coefficient (Wildman–Crippen LogP) is 3.20. The Kier molecular flexibility index (Phi) is 2.98. The monoisotopic (exact) mass is 321 g/mol. The van der Waals surface area contributed by atoms with Gasteiger partial charge in [0.25, 0.3) is 0 Å². The maximum absolute atomic E-state index is 5.49. The number of nitrogens with zero attached hydrogens (tertiary/aromatic N) is 1. The molecular formula is C16H20BrNO. The number of ether oxygens (including phenoxy) is 1. The van der Waals surface area contributed by atoms with Crippen LogP contribution in [-0.4, -0.2) is 37.2 Å². The van der Waals surface area contributed by atoms with E-state index in [-0.39, 0.29) is 0 Å². The SMILES string of the molecule is Brc1ccc(C23CC2CN(C2CCOCC2)C3)cc1. The molecule has 3 aliphatic rings. The molecule has 0 bridgehead atoms. The molecule has 2 saturated heterocycles. The van der Waals surface area contributed by atoms with Crippen LogP contribution in [0.4, 0.5) is 0 Å². The number of benzene rings is 1. The van der Waals surface area contributed by atoms with Gasteiger partial charge < -0.3 is 4.74 Å². The van der Waals surface area contributed by atoms with Crippen LogP contribution in [0.25, 0.3) is 0 Å². The zero-order chi connectivity index (χ0) is 12.9. The van der Waals surface area contributed by atoms with Gasteiger partial charge in [0.05, 0.1) is 0 Å². The first-order valence-electron chi connectivity index (χ1n) is 7.36. The highest BCUT2D eigenvalue weighted by Gasteiger charge is 2.61. The highest BCUT2D eigenvalue weighted by molar-refractivity contribution is 9.10. The number of likely N-dealkylation sites (tertiary alicyclic amines) is 1. The van der Waals surface area contributed by atoms with Crippen molar-refractivity contribution in [2.24, 2.45) is 5.92 Å². The summed E-state index contributed by atoms with van der Waals surface area (Å²) in [5.74, 6) is 0.900. The molecular weight excluding hydrogens is 302 g/mol. The predicted molar refractivity (Wildman–Crippen MR) is 79.3 cm³/mol. The average molecular weight is 322 g/mol. The van der Waals surface area contributed by atoms with E-state index in [9.17, 15) is 0 Å². The molecule has 1 aromatic carbocycles. The van der Waals surface area contributed by atoms with E-state index < -0.39 is 0 Å². The molecule has 4 rings (SSSR count). The second-order valence-corrected chi connectivity index (χ2v) is 7.25. The van der Waals surface area contributed by atoms with Gasteiger partial charge >= 0.3 is 0 Å². The summed E-state index contributed by atoms with van der Waals surface area (Å²) in [6, 6.07) is 9.79. The molecule has 2 nitrogen and oxygen atoms in total. The van der Waals surface area contributed by atoms with Crippen LogP contribution < -0.4 is 0 Å². The molecule has 1 aliphatic carbocycles. The number of hydrogen-bond donors (Lipinski definition) is 0. The molecule has 0 amide bonds. The van der Waals surface area contributed by atoms with Gasteiger partial charge in [-0.15, -0.1) is 0 Å². The van der Waals surface area contributed by atoms with Crippen LogP contribution in [0.5, 0.6) is 0 Å². The topological polar surface area (TPSA) is 12.5 Å². The van der Waals surface area contributed by atoms with Gasteiger partial charge in [0.1, 0.15) is 0 Å². The van der Waals surface area contributed by atoms with E-state index in [0.29, 0.717) is 5.41 Å². The first-order valence-corrected chi connectivity index (χ1v) is 8.15. The third-order valence-electron chi connectivity index (χ3n) is 5.30. The Morgan fingerprint density at radius 3 is 2.63 bits per heavy atom. The van der Waals surface area contributed by atoms with Gasteiger partial charge in [-0.3, -0.25) is 4.90 Å². The van der Waals surface area contributed by atoms with Crippen LogP contribution in [0.3, 0.4) is 0 Å². The van der Waals surface area contributed by atoms with Crippen LogP contribution in [0.2, 0.25) is 0 Å². The molecule has 2 heterocycles. The van der Waals surface area contributed by atoms with Gasteiger partial charge in [0, 0.05) is 42.2 Å². The van der Waals surface area contributed by atoms with Crippen LogP contribution in [0, 0.1) is 5.92 Å². The van der Waals surface area contributed by atoms with Gasteiger partial charge in [0.15, 0.2) is 0 Å². The van der Waals surface area contributed by atoms with E-state index >= 15 is 0 Å². The molecule has 3 heteroatoms. The normalized spacial score (nSPS) is 35.3. The van der Waals surface area contributed by atoms with Gasteiger partial charge in [0.2, 0.25) is 0 Å². The van der Waals surface area contributed by atoms with E-state index in [1.165, 1.54) is 36.8 Å². The van der Waals surface area contributed by atoms with E-state index in [0.717, 1.165) is 25.2 Å². The molecule has 0 spiro atoms. The Balaban J connectivity index is 1.51. The lowest BCUT2D eigenvalue weighted by molar-refractivity contribution is 0.0378. The summed E-state index contributed by atoms with van der Waals surface area (Å²) in [6.45, 7) is 4.49. The van der Waals surface area contributed by atoms with Crippen molar-refractivity contribution < 1.29 is 4.74 Å². The Hall–Kier alpha value is -0.380. The zero-order valence-corrected chi connectivity index (χ0v) is 12.7. The lowest BCUT2D eigenvalue weighted by Crippen LogP contribution is -2.40. The van der Waals surface area contributed by atoms with Gasteiger partial charge in [-0.05, 0) is 42.9 Å². The fourth-order valence-electron chi connectivity index (χ4n) is 4.08. The van der Waals surface area contributed by atoms with Gasteiger partial charge in [-0.1, -0.05) is 28.1 Å². The van der Waals surface area contributed by atoms with E-state index in [1.54, 1.807) is 5.56 Å². The van der Waals surface area contributed by atoms with E-state index in [1.807, 2.05) is 0 Å². The summed E-state index contributed by atoms with van der Waals surface area (Å²) in [4.78, 5) is 2.73.